The van der Waals surface area contributed by atoms with Gasteiger partial charge in [0.1, 0.15) is 0 Å². The number of urea groups is 1. The summed E-state index contributed by atoms with van der Waals surface area (Å²) in [6.45, 7) is 4.84. The first-order chi connectivity index (χ1) is 9.56. The second-order valence-electron chi connectivity index (χ2n) is 5.94. The summed E-state index contributed by atoms with van der Waals surface area (Å²) >= 11 is 0. The average molecular weight is 283 g/mol. The number of nitrogens with one attached hydrogen (secondary N) is 1. The molecule has 1 unspecified atom stereocenters. The smallest absolute Gasteiger partial charge is 0.317 e. The van der Waals surface area contributed by atoms with Gasteiger partial charge in [-0.1, -0.05) is 6.42 Å². The standard InChI is InChI=1S/C14H25N3O3/c1-11(12-4-2-5-12)15-14(20)17-7-3-6-16(8-9-17)10-13(18)19/h11-12H,2-10H2,1H3,(H,15,20)(H,18,19). The minimum atomic E-state index is -0.804. The van der Waals surface area contributed by atoms with Gasteiger partial charge in [-0.25, -0.2) is 4.79 Å². The van der Waals surface area contributed by atoms with Crippen LogP contribution >= 0.6 is 0 Å². The van der Waals surface area contributed by atoms with Gasteiger partial charge in [0.15, 0.2) is 0 Å². The Kier molecular flexibility index (Phi) is 5.23. The van der Waals surface area contributed by atoms with Crippen molar-refractivity contribution >= 4 is 12.0 Å². The molecule has 1 aliphatic heterocycles. The lowest BCUT2D eigenvalue weighted by Gasteiger charge is -2.33. The van der Waals surface area contributed by atoms with E-state index in [0.29, 0.717) is 25.6 Å². The van der Waals surface area contributed by atoms with Gasteiger partial charge in [-0.3, -0.25) is 9.69 Å². The highest BCUT2D eigenvalue weighted by molar-refractivity contribution is 5.74. The summed E-state index contributed by atoms with van der Waals surface area (Å²) in [5, 5.41) is 11.9. The SMILES string of the molecule is CC(NC(=O)N1CCCN(CC(=O)O)CC1)C1CCC1. The molecule has 6 nitrogen and oxygen atoms in total. The average Bonchev–Trinajstić information content (AvgIpc) is 2.51. The highest BCUT2D eigenvalue weighted by Crippen LogP contribution is 2.29. The van der Waals surface area contributed by atoms with Crippen LogP contribution in [0.4, 0.5) is 4.79 Å². The van der Waals surface area contributed by atoms with Crippen molar-refractivity contribution in [2.45, 2.75) is 38.6 Å². The molecule has 6 heteroatoms. The molecule has 0 bridgehead atoms. The topological polar surface area (TPSA) is 72.9 Å². The third-order valence-corrected chi connectivity index (χ3v) is 4.44. The van der Waals surface area contributed by atoms with E-state index in [0.717, 1.165) is 13.0 Å². The maximum absolute atomic E-state index is 12.2. The minimum Gasteiger partial charge on any atom is -0.480 e. The van der Waals surface area contributed by atoms with Crippen molar-refractivity contribution in [3.63, 3.8) is 0 Å². The molecule has 1 atom stereocenters. The highest BCUT2D eigenvalue weighted by atomic mass is 16.4. The summed E-state index contributed by atoms with van der Waals surface area (Å²) in [4.78, 5) is 26.6. The van der Waals surface area contributed by atoms with E-state index >= 15 is 0 Å². The minimum absolute atomic E-state index is 0.00146. The molecule has 20 heavy (non-hydrogen) atoms. The third-order valence-electron chi connectivity index (χ3n) is 4.44. The fraction of sp³-hybridized carbons (Fsp3) is 0.857. The van der Waals surface area contributed by atoms with E-state index in [9.17, 15) is 9.59 Å². The zero-order chi connectivity index (χ0) is 14.5. The largest absolute Gasteiger partial charge is 0.480 e. The second kappa shape index (κ2) is 6.92. The Morgan fingerprint density at radius 2 is 1.95 bits per heavy atom. The van der Waals surface area contributed by atoms with Crippen molar-refractivity contribution in [2.24, 2.45) is 5.92 Å². The summed E-state index contributed by atoms with van der Waals surface area (Å²) in [5.41, 5.74) is 0. The van der Waals surface area contributed by atoms with E-state index in [4.69, 9.17) is 5.11 Å². The van der Waals surface area contributed by atoms with Gasteiger partial charge in [0, 0.05) is 32.2 Å². The van der Waals surface area contributed by atoms with Crippen molar-refractivity contribution < 1.29 is 14.7 Å². The van der Waals surface area contributed by atoms with E-state index in [1.165, 1.54) is 19.3 Å². The van der Waals surface area contributed by atoms with E-state index < -0.39 is 5.97 Å². The molecule has 1 aliphatic carbocycles. The van der Waals surface area contributed by atoms with Crippen LogP contribution in [-0.4, -0.2) is 65.7 Å². The number of rotatable bonds is 4. The Morgan fingerprint density at radius 3 is 2.55 bits per heavy atom. The Bertz CT molecular complexity index is 358. The first kappa shape index (κ1) is 15.1. The van der Waals surface area contributed by atoms with E-state index in [2.05, 4.69) is 12.2 Å². The van der Waals surface area contributed by atoms with Crippen LogP contribution in [0.15, 0.2) is 0 Å². The van der Waals surface area contributed by atoms with Gasteiger partial charge in [-0.2, -0.15) is 0 Å². The fourth-order valence-corrected chi connectivity index (χ4v) is 2.87. The molecule has 0 aromatic carbocycles. The summed E-state index contributed by atoms with van der Waals surface area (Å²) in [6, 6.07) is 0.246. The van der Waals surface area contributed by atoms with Crippen LogP contribution in [0.25, 0.3) is 0 Å². The van der Waals surface area contributed by atoms with Crippen LogP contribution in [0.3, 0.4) is 0 Å². The Hall–Kier alpha value is -1.30. The Morgan fingerprint density at radius 1 is 1.20 bits per heavy atom. The van der Waals surface area contributed by atoms with Gasteiger partial charge in [0.05, 0.1) is 6.54 Å². The van der Waals surface area contributed by atoms with Crippen molar-refractivity contribution in [3.8, 4) is 0 Å². The number of hydrogen-bond acceptors (Lipinski definition) is 3. The molecular formula is C14H25N3O3. The lowest BCUT2D eigenvalue weighted by molar-refractivity contribution is -0.138. The number of carbonyl (C=O) groups is 2. The van der Waals surface area contributed by atoms with Crippen LogP contribution in [0, 0.1) is 5.92 Å². The first-order valence-corrected chi connectivity index (χ1v) is 7.56. The molecule has 114 valence electrons. The summed E-state index contributed by atoms with van der Waals surface area (Å²) < 4.78 is 0. The predicted octanol–water partition coefficient (Wildman–Crippen LogP) is 0.977. The van der Waals surface area contributed by atoms with Crippen molar-refractivity contribution in [3.05, 3.63) is 0 Å². The summed E-state index contributed by atoms with van der Waals surface area (Å²) in [5.74, 6) is -0.170. The van der Waals surface area contributed by atoms with Crippen LogP contribution < -0.4 is 5.32 Å². The molecule has 0 aromatic rings. The zero-order valence-corrected chi connectivity index (χ0v) is 12.2. The van der Waals surface area contributed by atoms with Crippen molar-refractivity contribution in [1.82, 2.24) is 15.1 Å². The lowest BCUT2D eigenvalue weighted by atomic mass is 9.80. The molecule has 2 N–H and O–H groups in total. The predicted molar refractivity (Wildman–Crippen MR) is 75.6 cm³/mol. The summed E-state index contributed by atoms with van der Waals surface area (Å²) in [7, 11) is 0. The van der Waals surface area contributed by atoms with Crippen LogP contribution in [-0.2, 0) is 4.79 Å². The van der Waals surface area contributed by atoms with Gasteiger partial charge in [0.2, 0.25) is 0 Å². The maximum atomic E-state index is 12.2. The number of amides is 2. The van der Waals surface area contributed by atoms with E-state index in [-0.39, 0.29) is 18.6 Å². The van der Waals surface area contributed by atoms with Gasteiger partial charge in [0.25, 0.3) is 0 Å². The van der Waals surface area contributed by atoms with Crippen molar-refractivity contribution in [2.75, 3.05) is 32.7 Å². The number of nitrogens with zero attached hydrogens (tertiary/aromatic N) is 2. The first-order valence-electron chi connectivity index (χ1n) is 7.56. The quantitative estimate of drug-likeness (QED) is 0.806. The van der Waals surface area contributed by atoms with Crippen LogP contribution in [0.2, 0.25) is 0 Å². The molecule has 2 aliphatic rings. The molecule has 2 amide bonds. The number of hydrogen-bond donors (Lipinski definition) is 2. The van der Waals surface area contributed by atoms with Gasteiger partial charge >= 0.3 is 12.0 Å². The number of aliphatic carboxylic acids is 1. The Balaban J connectivity index is 1.77. The van der Waals surface area contributed by atoms with Crippen LogP contribution in [0.5, 0.6) is 0 Å². The zero-order valence-electron chi connectivity index (χ0n) is 12.2. The molecule has 2 fully saturated rings. The molecule has 2 rings (SSSR count). The number of carboxylic acid groups (broad SMARTS) is 1. The van der Waals surface area contributed by atoms with Gasteiger partial charge in [-0.15, -0.1) is 0 Å². The van der Waals surface area contributed by atoms with Gasteiger partial charge in [-0.05, 0) is 32.1 Å². The van der Waals surface area contributed by atoms with Crippen LogP contribution in [0.1, 0.15) is 32.6 Å². The normalized spacial score (nSPS) is 22.8. The molecule has 0 radical (unpaired) electrons. The highest BCUT2D eigenvalue weighted by Gasteiger charge is 2.27. The van der Waals surface area contributed by atoms with E-state index in [1.54, 1.807) is 0 Å². The lowest BCUT2D eigenvalue weighted by Crippen LogP contribution is -2.48. The molecule has 1 saturated heterocycles. The monoisotopic (exact) mass is 283 g/mol. The van der Waals surface area contributed by atoms with Crippen molar-refractivity contribution in [1.29, 1.82) is 0 Å². The van der Waals surface area contributed by atoms with Gasteiger partial charge < -0.3 is 15.3 Å². The maximum Gasteiger partial charge on any atom is 0.317 e. The molecule has 0 aromatic heterocycles. The van der Waals surface area contributed by atoms with E-state index in [1.807, 2.05) is 9.80 Å². The number of carbonyl (C=O) groups excluding carboxylic acids is 1. The third kappa shape index (κ3) is 4.10. The second-order valence-corrected chi connectivity index (χ2v) is 5.94. The fourth-order valence-electron chi connectivity index (χ4n) is 2.87. The Labute approximate surface area is 120 Å². The molecule has 1 saturated carbocycles. The molecular weight excluding hydrogens is 258 g/mol. The molecule has 0 spiro atoms. The molecule has 1 heterocycles. The summed E-state index contributed by atoms with van der Waals surface area (Å²) in [6.07, 6.45) is 4.54. The number of carboxylic acids is 1.